The number of hydrogen-bond donors (Lipinski definition) is 1. The maximum Gasteiger partial charge on any atom is 0.411 e. The summed E-state index contributed by atoms with van der Waals surface area (Å²) in [7, 11) is 0. The molecule has 100 valence electrons. The highest BCUT2D eigenvalue weighted by molar-refractivity contribution is 5.91. The van der Waals surface area contributed by atoms with E-state index in [-0.39, 0.29) is 5.69 Å². The van der Waals surface area contributed by atoms with E-state index in [0.717, 1.165) is 6.07 Å². The van der Waals surface area contributed by atoms with Crippen LogP contribution in [-0.2, 0) is 9.53 Å². The predicted molar refractivity (Wildman–Crippen MR) is 56.6 cm³/mol. The van der Waals surface area contributed by atoms with E-state index in [9.17, 15) is 22.4 Å². The van der Waals surface area contributed by atoms with Crippen LogP contribution in [0.5, 0.6) is 0 Å². The van der Waals surface area contributed by atoms with Gasteiger partial charge in [-0.25, -0.2) is 4.39 Å². The van der Waals surface area contributed by atoms with E-state index in [1.807, 2.05) is 0 Å². The van der Waals surface area contributed by atoms with Crippen LogP contribution in [0.15, 0.2) is 18.2 Å². The summed E-state index contributed by atoms with van der Waals surface area (Å²) in [6.07, 6.45) is -4.48. The van der Waals surface area contributed by atoms with E-state index in [1.165, 1.54) is 12.1 Å². The van der Waals surface area contributed by atoms with Crippen LogP contribution in [0.4, 0.5) is 23.2 Å². The summed E-state index contributed by atoms with van der Waals surface area (Å²) in [6, 6.07) is 3.97. The summed E-state index contributed by atoms with van der Waals surface area (Å²) in [5, 5.41) is 2.22. The second-order valence-electron chi connectivity index (χ2n) is 3.62. The molecule has 0 bridgehead atoms. The lowest BCUT2D eigenvalue weighted by atomic mass is 10.2. The molecule has 0 unspecified atom stereocenters. The molecule has 7 heteroatoms. The molecule has 0 radical (unpaired) electrons. The Morgan fingerprint density at radius 2 is 2.06 bits per heavy atom. The molecule has 18 heavy (non-hydrogen) atoms. The number of alkyl halides is 3. The van der Waals surface area contributed by atoms with Crippen molar-refractivity contribution < 1.29 is 27.1 Å². The summed E-state index contributed by atoms with van der Waals surface area (Å²) >= 11 is 0. The van der Waals surface area contributed by atoms with Crippen molar-refractivity contribution in [1.29, 1.82) is 0 Å². The van der Waals surface area contributed by atoms with Crippen LogP contribution in [-0.4, -0.2) is 25.3 Å². The van der Waals surface area contributed by atoms with Crippen LogP contribution in [0.1, 0.15) is 5.56 Å². The molecule has 0 aromatic heterocycles. The molecule has 0 atom stereocenters. The molecule has 1 amide bonds. The second kappa shape index (κ2) is 5.81. The monoisotopic (exact) mass is 265 g/mol. The highest BCUT2D eigenvalue weighted by Crippen LogP contribution is 2.15. The van der Waals surface area contributed by atoms with Gasteiger partial charge in [0.25, 0.3) is 0 Å². The molecule has 3 nitrogen and oxygen atoms in total. The minimum absolute atomic E-state index is 0.165. The molecule has 0 aliphatic carbocycles. The standard InChI is InChI=1S/C11H11F4NO2/c1-7-2-3-8(4-9(7)12)16-10(17)5-18-6-11(13,14)15/h2-4H,5-6H2,1H3,(H,16,17). The first-order chi connectivity index (χ1) is 8.28. The van der Waals surface area contributed by atoms with Crippen molar-refractivity contribution >= 4 is 11.6 Å². The Bertz CT molecular complexity index is 432. The summed E-state index contributed by atoms with van der Waals surface area (Å²) in [4.78, 5) is 11.2. The number of hydrogen-bond acceptors (Lipinski definition) is 2. The smallest absolute Gasteiger partial charge is 0.362 e. The molecule has 1 rings (SSSR count). The zero-order chi connectivity index (χ0) is 13.8. The fourth-order valence-electron chi connectivity index (χ4n) is 1.13. The molecule has 1 N–H and O–H groups in total. The van der Waals surface area contributed by atoms with E-state index < -0.39 is 31.1 Å². The van der Waals surface area contributed by atoms with Crippen LogP contribution >= 0.6 is 0 Å². The van der Waals surface area contributed by atoms with Gasteiger partial charge in [0.15, 0.2) is 0 Å². The van der Waals surface area contributed by atoms with E-state index in [4.69, 9.17) is 0 Å². The van der Waals surface area contributed by atoms with Crippen LogP contribution in [0, 0.1) is 12.7 Å². The Morgan fingerprint density at radius 3 is 2.61 bits per heavy atom. The highest BCUT2D eigenvalue weighted by Gasteiger charge is 2.27. The van der Waals surface area contributed by atoms with Gasteiger partial charge in [-0.15, -0.1) is 0 Å². The quantitative estimate of drug-likeness (QED) is 0.850. The number of aryl methyl sites for hydroxylation is 1. The number of carbonyl (C=O) groups excluding carboxylic acids is 1. The zero-order valence-electron chi connectivity index (χ0n) is 9.47. The maximum absolute atomic E-state index is 13.1. The van der Waals surface area contributed by atoms with Crippen LogP contribution in [0.2, 0.25) is 0 Å². The van der Waals surface area contributed by atoms with Gasteiger partial charge in [-0.3, -0.25) is 4.79 Å². The fraction of sp³-hybridized carbons (Fsp3) is 0.364. The number of rotatable bonds is 4. The topological polar surface area (TPSA) is 38.3 Å². The number of amides is 1. The van der Waals surface area contributed by atoms with Gasteiger partial charge in [0.2, 0.25) is 5.91 Å². The Labute approximate surface area is 101 Å². The van der Waals surface area contributed by atoms with Crippen molar-refractivity contribution in [3.05, 3.63) is 29.6 Å². The third-order valence-corrected chi connectivity index (χ3v) is 1.95. The first kappa shape index (κ1) is 14.4. The Balaban J connectivity index is 2.42. The number of nitrogens with one attached hydrogen (secondary N) is 1. The largest absolute Gasteiger partial charge is 0.411 e. The fourth-order valence-corrected chi connectivity index (χ4v) is 1.13. The van der Waals surface area contributed by atoms with Crippen molar-refractivity contribution in [3.63, 3.8) is 0 Å². The summed E-state index contributed by atoms with van der Waals surface area (Å²) in [6.45, 7) is -0.689. The van der Waals surface area contributed by atoms with Crippen molar-refractivity contribution in [2.45, 2.75) is 13.1 Å². The third kappa shape index (κ3) is 5.13. The molecule has 0 saturated carbocycles. The van der Waals surface area contributed by atoms with Crippen molar-refractivity contribution in [1.82, 2.24) is 0 Å². The lowest BCUT2D eigenvalue weighted by molar-refractivity contribution is -0.174. The van der Waals surface area contributed by atoms with Gasteiger partial charge in [-0.05, 0) is 24.6 Å². The van der Waals surface area contributed by atoms with Gasteiger partial charge in [0, 0.05) is 5.69 Å². The van der Waals surface area contributed by atoms with Crippen molar-refractivity contribution in [2.75, 3.05) is 18.5 Å². The molecule has 1 aromatic carbocycles. The lowest BCUT2D eigenvalue weighted by Gasteiger charge is -2.08. The first-order valence-corrected chi connectivity index (χ1v) is 4.98. The zero-order valence-corrected chi connectivity index (χ0v) is 9.47. The van der Waals surface area contributed by atoms with E-state index >= 15 is 0 Å². The molecule has 0 heterocycles. The average Bonchev–Trinajstić information content (AvgIpc) is 2.21. The SMILES string of the molecule is Cc1ccc(NC(=O)COCC(F)(F)F)cc1F. The predicted octanol–water partition coefficient (Wildman–Crippen LogP) is 2.65. The van der Waals surface area contributed by atoms with E-state index in [1.54, 1.807) is 6.92 Å². The molecule has 0 spiro atoms. The third-order valence-electron chi connectivity index (χ3n) is 1.95. The van der Waals surface area contributed by atoms with Crippen molar-refractivity contribution in [3.8, 4) is 0 Å². The molecule has 0 saturated heterocycles. The minimum Gasteiger partial charge on any atom is -0.362 e. The number of carbonyl (C=O) groups is 1. The minimum atomic E-state index is -4.48. The van der Waals surface area contributed by atoms with Gasteiger partial charge in [0.05, 0.1) is 0 Å². The first-order valence-electron chi connectivity index (χ1n) is 4.98. The molecule has 0 fully saturated rings. The van der Waals surface area contributed by atoms with Crippen LogP contribution in [0.25, 0.3) is 0 Å². The number of ether oxygens (including phenoxy) is 1. The summed E-state index contributed by atoms with van der Waals surface area (Å²) < 4.78 is 52.4. The molecular weight excluding hydrogens is 254 g/mol. The molecular formula is C11H11F4NO2. The van der Waals surface area contributed by atoms with Gasteiger partial charge in [-0.2, -0.15) is 13.2 Å². The Hall–Kier alpha value is -1.63. The van der Waals surface area contributed by atoms with Gasteiger partial charge in [-0.1, -0.05) is 6.07 Å². The van der Waals surface area contributed by atoms with Gasteiger partial charge >= 0.3 is 6.18 Å². The maximum atomic E-state index is 13.1. The average molecular weight is 265 g/mol. The van der Waals surface area contributed by atoms with Crippen molar-refractivity contribution in [2.24, 2.45) is 0 Å². The Morgan fingerprint density at radius 1 is 1.39 bits per heavy atom. The summed E-state index contributed by atoms with van der Waals surface area (Å²) in [5.41, 5.74) is 0.569. The Kier molecular flexibility index (Phi) is 4.66. The van der Waals surface area contributed by atoms with Gasteiger partial charge in [0.1, 0.15) is 19.0 Å². The second-order valence-corrected chi connectivity index (χ2v) is 3.62. The van der Waals surface area contributed by atoms with Crippen LogP contribution < -0.4 is 5.32 Å². The normalized spacial score (nSPS) is 11.4. The van der Waals surface area contributed by atoms with Crippen LogP contribution in [0.3, 0.4) is 0 Å². The van der Waals surface area contributed by atoms with E-state index in [0.29, 0.717) is 5.56 Å². The van der Waals surface area contributed by atoms with E-state index in [2.05, 4.69) is 10.1 Å². The number of anilines is 1. The molecule has 0 aliphatic heterocycles. The lowest BCUT2D eigenvalue weighted by Crippen LogP contribution is -2.24. The molecule has 0 aliphatic rings. The molecule has 1 aromatic rings. The summed E-state index contributed by atoms with van der Waals surface area (Å²) in [5.74, 6) is -1.29. The number of benzene rings is 1. The number of halogens is 4. The van der Waals surface area contributed by atoms with Gasteiger partial charge < -0.3 is 10.1 Å². The highest BCUT2D eigenvalue weighted by atomic mass is 19.4.